The van der Waals surface area contributed by atoms with Crippen LogP contribution in [0.5, 0.6) is 0 Å². The van der Waals surface area contributed by atoms with Crippen LogP contribution in [-0.4, -0.2) is 44.5 Å². The number of carbonyl (C=O) groups is 2. The van der Waals surface area contributed by atoms with Crippen molar-refractivity contribution in [1.29, 1.82) is 0 Å². The van der Waals surface area contributed by atoms with Crippen LogP contribution in [0.15, 0.2) is 30.7 Å². The summed E-state index contributed by atoms with van der Waals surface area (Å²) in [4.78, 5) is 30.1. The number of likely N-dealkylation sites (tertiary alicyclic amines) is 1. The summed E-state index contributed by atoms with van der Waals surface area (Å²) in [6.45, 7) is 1.65. The van der Waals surface area contributed by atoms with E-state index in [-0.39, 0.29) is 17.6 Å². The lowest BCUT2D eigenvalue weighted by Gasteiger charge is -2.28. The number of nitrogens with zero attached hydrogens (tertiary/aromatic N) is 3. The zero-order chi connectivity index (χ0) is 17.4. The van der Waals surface area contributed by atoms with E-state index in [9.17, 15) is 14.7 Å². The Bertz CT molecular complexity index is 821. The standard InChI is InChI=1S/C19H21N3O3/c23-18(21-8-1-2-9-21)14-7-6-13-4-3-5-16(15(13)10-14)22-12-20-11-17(22)19(24)25/h6-7,10-12,16H,1-5,8-9H2,(H,24,25). The zero-order valence-corrected chi connectivity index (χ0v) is 14.0. The van der Waals surface area contributed by atoms with Gasteiger partial charge in [-0.05, 0) is 55.4 Å². The molecular weight excluding hydrogens is 318 g/mol. The third-order valence-corrected chi connectivity index (χ3v) is 5.29. The predicted octanol–water partition coefficient (Wildman–Crippen LogP) is 2.74. The molecule has 0 radical (unpaired) electrons. The largest absolute Gasteiger partial charge is 0.477 e. The molecule has 2 heterocycles. The average molecular weight is 339 g/mol. The number of aryl methyl sites for hydroxylation is 1. The van der Waals surface area contributed by atoms with Gasteiger partial charge >= 0.3 is 5.97 Å². The van der Waals surface area contributed by atoms with Crippen molar-refractivity contribution in [2.75, 3.05) is 13.1 Å². The molecule has 4 rings (SSSR count). The number of rotatable bonds is 3. The number of aromatic carboxylic acids is 1. The maximum atomic E-state index is 12.7. The van der Waals surface area contributed by atoms with Crippen LogP contribution in [0.3, 0.4) is 0 Å². The summed E-state index contributed by atoms with van der Waals surface area (Å²) in [6, 6.07) is 5.82. The van der Waals surface area contributed by atoms with Crippen molar-refractivity contribution >= 4 is 11.9 Å². The van der Waals surface area contributed by atoms with Crippen molar-refractivity contribution in [1.82, 2.24) is 14.5 Å². The Morgan fingerprint density at radius 1 is 1.16 bits per heavy atom. The summed E-state index contributed by atoms with van der Waals surface area (Å²) in [5.41, 5.74) is 3.13. The van der Waals surface area contributed by atoms with Gasteiger partial charge in [0.05, 0.1) is 18.6 Å². The number of benzene rings is 1. The van der Waals surface area contributed by atoms with Gasteiger partial charge in [0.25, 0.3) is 5.91 Å². The molecule has 1 atom stereocenters. The van der Waals surface area contributed by atoms with Crippen molar-refractivity contribution in [3.05, 3.63) is 53.1 Å². The minimum atomic E-state index is -0.978. The Balaban J connectivity index is 1.72. The van der Waals surface area contributed by atoms with E-state index in [2.05, 4.69) is 4.98 Å². The van der Waals surface area contributed by atoms with Gasteiger partial charge in [0.1, 0.15) is 5.69 Å². The van der Waals surface area contributed by atoms with Crippen molar-refractivity contribution < 1.29 is 14.7 Å². The van der Waals surface area contributed by atoms with Gasteiger partial charge in [-0.2, -0.15) is 0 Å². The van der Waals surface area contributed by atoms with Gasteiger partial charge in [-0.15, -0.1) is 0 Å². The summed E-state index contributed by atoms with van der Waals surface area (Å²) >= 11 is 0. The van der Waals surface area contributed by atoms with Gasteiger partial charge in [0, 0.05) is 18.7 Å². The van der Waals surface area contributed by atoms with Crippen LogP contribution in [0.2, 0.25) is 0 Å². The monoisotopic (exact) mass is 339 g/mol. The van der Waals surface area contributed by atoms with Crippen LogP contribution in [0, 0.1) is 0 Å². The van der Waals surface area contributed by atoms with Crippen LogP contribution in [0.4, 0.5) is 0 Å². The molecular formula is C19H21N3O3. The van der Waals surface area contributed by atoms with E-state index < -0.39 is 5.97 Å². The molecule has 6 nitrogen and oxygen atoms in total. The summed E-state index contributed by atoms with van der Waals surface area (Å²) in [7, 11) is 0. The first-order chi connectivity index (χ1) is 12.1. The fourth-order valence-electron chi connectivity index (χ4n) is 4.02. The molecule has 1 aromatic heterocycles. The average Bonchev–Trinajstić information content (AvgIpc) is 3.31. The maximum Gasteiger partial charge on any atom is 0.354 e. The number of imidazole rings is 1. The molecule has 0 bridgehead atoms. The highest BCUT2D eigenvalue weighted by molar-refractivity contribution is 5.94. The second kappa shape index (κ2) is 6.35. The van der Waals surface area contributed by atoms with E-state index >= 15 is 0 Å². The molecule has 1 aliphatic heterocycles. The molecule has 1 aliphatic carbocycles. The highest BCUT2D eigenvalue weighted by Gasteiger charge is 2.27. The smallest absolute Gasteiger partial charge is 0.354 e. The molecule has 130 valence electrons. The molecule has 2 aliphatic rings. The third kappa shape index (κ3) is 2.81. The minimum absolute atomic E-state index is 0.0775. The lowest BCUT2D eigenvalue weighted by Crippen LogP contribution is -2.28. The Morgan fingerprint density at radius 3 is 2.72 bits per heavy atom. The van der Waals surface area contributed by atoms with E-state index in [0.717, 1.165) is 50.8 Å². The topological polar surface area (TPSA) is 75.4 Å². The number of hydrogen-bond acceptors (Lipinski definition) is 3. The van der Waals surface area contributed by atoms with E-state index in [0.29, 0.717) is 5.56 Å². The summed E-state index contributed by atoms with van der Waals surface area (Å²) < 4.78 is 1.73. The van der Waals surface area contributed by atoms with Crippen LogP contribution >= 0.6 is 0 Å². The van der Waals surface area contributed by atoms with Gasteiger partial charge in [0.2, 0.25) is 0 Å². The number of hydrogen-bond donors (Lipinski definition) is 1. The molecule has 25 heavy (non-hydrogen) atoms. The lowest BCUT2D eigenvalue weighted by atomic mass is 9.86. The summed E-state index contributed by atoms with van der Waals surface area (Å²) in [5, 5.41) is 9.40. The van der Waals surface area contributed by atoms with E-state index in [4.69, 9.17) is 0 Å². The number of carboxylic acids is 1. The number of fused-ring (bicyclic) bond motifs is 1. The first kappa shape index (κ1) is 15.9. The Hall–Kier alpha value is -2.63. The first-order valence-corrected chi connectivity index (χ1v) is 8.82. The molecule has 1 aromatic carbocycles. The molecule has 0 saturated carbocycles. The lowest BCUT2D eigenvalue weighted by molar-refractivity contribution is 0.0682. The van der Waals surface area contributed by atoms with E-state index in [1.54, 1.807) is 10.9 Å². The Labute approximate surface area is 146 Å². The van der Waals surface area contributed by atoms with Crippen molar-refractivity contribution in [2.24, 2.45) is 0 Å². The Morgan fingerprint density at radius 2 is 1.96 bits per heavy atom. The van der Waals surface area contributed by atoms with Gasteiger partial charge in [0.15, 0.2) is 0 Å². The maximum absolute atomic E-state index is 12.7. The number of aromatic nitrogens is 2. The fraction of sp³-hybridized carbons (Fsp3) is 0.421. The van der Waals surface area contributed by atoms with E-state index in [1.165, 1.54) is 11.8 Å². The van der Waals surface area contributed by atoms with Crippen LogP contribution in [0.1, 0.15) is 63.7 Å². The fourth-order valence-corrected chi connectivity index (χ4v) is 4.02. The zero-order valence-electron chi connectivity index (χ0n) is 14.0. The van der Waals surface area contributed by atoms with Crippen molar-refractivity contribution in [2.45, 2.75) is 38.1 Å². The SMILES string of the molecule is O=C(O)c1cncn1C1CCCc2ccc(C(=O)N3CCCC3)cc21. The predicted molar refractivity (Wildman–Crippen MR) is 91.8 cm³/mol. The molecule has 1 saturated heterocycles. The number of amides is 1. The molecule has 2 aromatic rings. The Kier molecular flexibility index (Phi) is 4.03. The second-order valence-corrected chi connectivity index (χ2v) is 6.81. The van der Waals surface area contributed by atoms with Crippen LogP contribution in [0.25, 0.3) is 0 Å². The van der Waals surface area contributed by atoms with Gasteiger partial charge in [-0.1, -0.05) is 6.07 Å². The van der Waals surface area contributed by atoms with Gasteiger partial charge in [-0.25, -0.2) is 9.78 Å². The molecule has 1 N–H and O–H groups in total. The molecule has 1 unspecified atom stereocenters. The van der Waals surface area contributed by atoms with Crippen LogP contribution in [-0.2, 0) is 6.42 Å². The summed E-state index contributed by atoms with van der Waals surface area (Å²) in [5.74, 6) is -0.900. The number of carboxylic acid groups (broad SMARTS) is 1. The normalized spacial score (nSPS) is 19.7. The summed E-state index contributed by atoms with van der Waals surface area (Å²) in [6.07, 6.45) is 7.90. The molecule has 1 amide bonds. The van der Waals surface area contributed by atoms with Crippen LogP contribution < -0.4 is 0 Å². The second-order valence-electron chi connectivity index (χ2n) is 6.81. The molecule has 0 spiro atoms. The van der Waals surface area contributed by atoms with Gasteiger partial charge in [-0.3, -0.25) is 4.79 Å². The van der Waals surface area contributed by atoms with Crippen molar-refractivity contribution in [3.63, 3.8) is 0 Å². The highest BCUT2D eigenvalue weighted by atomic mass is 16.4. The van der Waals surface area contributed by atoms with Gasteiger partial charge < -0.3 is 14.6 Å². The highest BCUT2D eigenvalue weighted by Crippen LogP contribution is 2.34. The number of carbonyl (C=O) groups excluding carboxylic acids is 1. The first-order valence-electron chi connectivity index (χ1n) is 8.82. The molecule has 6 heteroatoms. The molecule has 1 fully saturated rings. The minimum Gasteiger partial charge on any atom is -0.477 e. The third-order valence-electron chi connectivity index (χ3n) is 5.29. The van der Waals surface area contributed by atoms with Crippen molar-refractivity contribution in [3.8, 4) is 0 Å². The quantitative estimate of drug-likeness (QED) is 0.933. The van der Waals surface area contributed by atoms with E-state index in [1.807, 2.05) is 23.1 Å².